The lowest BCUT2D eigenvalue weighted by molar-refractivity contribution is -0.384. The summed E-state index contributed by atoms with van der Waals surface area (Å²) in [6.45, 7) is 3.79. The molecule has 6 heteroatoms. The van der Waals surface area contributed by atoms with Crippen LogP contribution < -0.4 is 5.32 Å². The maximum absolute atomic E-state index is 13.8. The van der Waals surface area contributed by atoms with Gasteiger partial charge in [-0.25, -0.2) is 4.39 Å². The molecule has 0 aliphatic heterocycles. The zero-order valence-electron chi connectivity index (χ0n) is 11.6. The Bertz CT molecular complexity index is 704. The first kappa shape index (κ1) is 15.3. The van der Waals surface area contributed by atoms with Crippen molar-refractivity contribution in [1.29, 1.82) is 0 Å². The lowest BCUT2D eigenvalue weighted by Gasteiger charge is -2.11. The quantitative estimate of drug-likeness (QED) is 0.662. The Hall–Kier alpha value is -2.14. The average molecular weight is 309 g/mol. The Labute approximate surface area is 126 Å². The zero-order chi connectivity index (χ0) is 15.6. The number of hydrogen-bond donors (Lipinski definition) is 1. The molecule has 2 aromatic carbocycles. The molecule has 21 heavy (non-hydrogen) atoms. The molecule has 0 fully saturated rings. The number of aryl methyl sites for hydroxylation is 2. The van der Waals surface area contributed by atoms with Crippen molar-refractivity contribution in [3.63, 3.8) is 0 Å². The second-order valence-corrected chi connectivity index (χ2v) is 5.18. The second kappa shape index (κ2) is 6.10. The van der Waals surface area contributed by atoms with E-state index in [1.165, 1.54) is 12.1 Å². The summed E-state index contributed by atoms with van der Waals surface area (Å²) in [5.74, 6) is -0.516. The summed E-state index contributed by atoms with van der Waals surface area (Å²) in [5.41, 5.74) is 2.45. The number of nitrogens with zero attached hydrogens (tertiary/aromatic N) is 1. The van der Waals surface area contributed by atoms with Gasteiger partial charge in [-0.2, -0.15) is 0 Å². The Morgan fingerprint density at radius 2 is 1.95 bits per heavy atom. The topological polar surface area (TPSA) is 55.2 Å². The number of nitro groups is 1. The maximum atomic E-state index is 13.8. The molecule has 0 heterocycles. The minimum absolute atomic E-state index is 0.0273. The van der Waals surface area contributed by atoms with E-state index >= 15 is 0 Å². The Morgan fingerprint density at radius 1 is 1.29 bits per heavy atom. The molecule has 2 aromatic rings. The van der Waals surface area contributed by atoms with E-state index in [9.17, 15) is 14.5 Å². The van der Waals surface area contributed by atoms with Crippen LogP contribution in [0.1, 0.15) is 16.7 Å². The first-order valence-corrected chi connectivity index (χ1v) is 6.70. The van der Waals surface area contributed by atoms with Crippen LogP contribution in [-0.2, 0) is 6.54 Å². The fourth-order valence-electron chi connectivity index (χ4n) is 1.97. The largest absolute Gasteiger partial charge is 0.375 e. The van der Waals surface area contributed by atoms with E-state index in [-0.39, 0.29) is 17.3 Å². The molecule has 0 aliphatic rings. The first-order chi connectivity index (χ1) is 9.90. The molecule has 0 spiro atoms. The smallest absolute Gasteiger partial charge is 0.292 e. The predicted octanol–water partition coefficient (Wildman–Crippen LogP) is 4.62. The number of halogens is 2. The Kier molecular flexibility index (Phi) is 4.43. The number of hydrogen-bond acceptors (Lipinski definition) is 3. The highest BCUT2D eigenvalue weighted by molar-refractivity contribution is 6.30. The highest BCUT2D eigenvalue weighted by Gasteiger charge is 2.16. The van der Waals surface area contributed by atoms with E-state index < -0.39 is 10.7 Å². The molecular weight excluding hydrogens is 295 g/mol. The molecule has 0 bridgehead atoms. The monoisotopic (exact) mass is 308 g/mol. The standard InChI is InChI=1S/C15H14ClFN2O2/c1-9-6-13(14(19(20)21)7-10(9)2)18-8-11-4-3-5-12(16)15(11)17/h3-7,18H,8H2,1-2H3. The molecule has 0 saturated carbocycles. The number of nitrogens with one attached hydrogen (secondary N) is 1. The van der Waals surface area contributed by atoms with Gasteiger partial charge in [-0.1, -0.05) is 23.7 Å². The summed E-state index contributed by atoms with van der Waals surface area (Å²) >= 11 is 5.71. The summed E-state index contributed by atoms with van der Waals surface area (Å²) in [7, 11) is 0. The number of rotatable bonds is 4. The van der Waals surface area contributed by atoms with Gasteiger partial charge in [0.2, 0.25) is 0 Å². The highest BCUT2D eigenvalue weighted by Crippen LogP contribution is 2.29. The van der Waals surface area contributed by atoms with E-state index in [1.54, 1.807) is 18.2 Å². The van der Waals surface area contributed by atoms with Gasteiger partial charge in [-0.15, -0.1) is 0 Å². The van der Waals surface area contributed by atoms with Crippen LogP contribution in [0.4, 0.5) is 15.8 Å². The Balaban J connectivity index is 2.29. The third-order valence-corrected chi connectivity index (χ3v) is 3.60. The van der Waals surface area contributed by atoms with Gasteiger partial charge in [-0.3, -0.25) is 10.1 Å². The Morgan fingerprint density at radius 3 is 2.62 bits per heavy atom. The van der Waals surface area contributed by atoms with E-state index in [0.717, 1.165) is 11.1 Å². The van der Waals surface area contributed by atoms with Crippen LogP contribution in [0.15, 0.2) is 30.3 Å². The van der Waals surface area contributed by atoms with Gasteiger partial charge in [-0.05, 0) is 37.1 Å². The predicted molar refractivity (Wildman–Crippen MR) is 81.3 cm³/mol. The molecule has 1 N–H and O–H groups in total. The maximum Gasteiger partial charge on any atom is 0.292 e. The minimum atomic E-state index is -0.516. The van der Waals surface area contributed by atoms with E-state index in [4.69, 9.17) is 11.6 Å². The molecule has 4 nitrogen and oxygen atoms in total. The zero-order valence-corrected chi connectivity index (χ0v) is 12.4. The molecule has 0 aromatic heterocycles. The molecule has 0 unspecified atom stereocenters. The van der Waals surface area contributed by atoms with Crippen molar-refractivity contribution >= 4 is 23.0 Å². The molecule has 0 aliphatic carbocycles. The van der Waals surface area contributed by atoms with Crippen molar-refractivity contribution in [1.82, 2.24) is 0 Å². The summed E-state index contributed by atoms with van der Waals surface area (Å²) in [6.07, 6.45) is 0. The second-order valence-electron chi connectivity index (χ2n) is 4.78. The SMILES string of the molecule is Cc1cc(NCc2cccc(Cl)c2F)c([N+](=O)[O-])cc1C. The van der Waals surface area contributed by atoms with Crippen LogP contribution in [0.25, 0.3) is 0 Å². The van der Waals surface area contributed by atoms with Crippen LogP contribution in [-0.4, -0.2) is 4.92 Å². The van der Waals surface area contributed by atoms with Crippen LogP contribution >= 0.6 is 11.6 Å². The third-order valence-electron chi connectivity index (χ3n) is 3.31. The van der Waals surface area contributed by atoms with E-state index in [2.05, 4.69) is 5.32 Å². The van der Waals surface area contributed by atoms with Gasteiger partial charge in [0.05, 0.1) is 9.95 Å². The van der Waals surface area contributed by atoms with Crippen LogP contribution in [0.5, 0.6) is 0 Å². The fraction of sp³-hybridized carbons (Fsp3) is 0.200. The average Bonchev–Trinajstić information content (AvgIpc) is 2.43. The summed E-state index contributed by atoms with van der Waals surface area (Å²) in [4.78, 5) is 10.6. The number of anilines is 1. The summed E-state index contributed by atoms with van der Waals surface area (Å²) < 4.78 is 13.8. The van der Waals surface area contributed by atoms with Gasteiger partial charge in [0, 0.05) is 18.2 Å². The summed E-state index contributed by atoms with van der Waals surface area (Å²) in [5, 5.41) is 14.0. The van der Waals surface area contributed by atoms with Gasteiger partial charge in [0.25, 0.3) is 5.69 Å². The number of benzene rings is 2. The minimum Gasteiger partial charge on any atom is -0.375 e. The molecule has 0 radical (unpaired) electrons. The molecule has 110 valence electrons. The van der Waals surface area contributed by atoms with E-state index in [0.29, 0.717) is 11.3 Å². The van der Waals surface area contributed by atoms with E-state index in [1.807, 2.05) is 13.8 Å². The highest BCUT2D eigenvalue weighted by atomic mass is 35.5. The molecule has 0 saturated heterocycles. The molecule has 0 amide bonds. The van der Waals surface area contributed by atoms with Gasteiger partial charge in [0.15, 0.2) is 0 Å². The lowest BCUT2D eigenvalue weighted by Crippen LogP contribution is -2.05. The van der Waals surface area contributed by atoms with Crippen molar-refractivity contribution in [3.8, 4) is 0 Å². The van der Waals surface area contributed by atoms with Crippen LogP contribution in [0.3, 0.4) is 0 Å². The van der Waals surface area contributed by atoms with Gasteiger partial charge >= 0.3 is 0 Å². The fourth-order valence-corrected chi connectivity index (χ4v) is 2.16. The van der Waals surface area contributed by atoms with Crippen molar-refractivity contribution in [2.24, 2.45) is 0 Å². The van der Waals surface area contributed by atoms with Crippen molar-refractivity contribution in [3.05, 3.63) is 68.0 Å². The van der Waals surface area contributed by atoms with Crippen molar-refractivity contribution in [2.45, 2.75) is 20.4 Å². The van der Waals surface area contributed by atoms with Crippen LogP contribution in [0, 0.1) is 29.8 Å². The first-order valence-electron chi connectivity index (χ1n) is 6.32. The molecule has 2 rings (SSSR count). The lowest BCUT2D eigenvalue weighted by atomic mass is 10.1. The molecular formula is C15H14ClFN2O2. The van der Waals surface area contributed by atoms with Gasteiger partial charge in [0.1, 0.15) is 11.5 Å². The number of nitro benzene ring substituents is 1. The molecule has 0 atom stereocenters. The summed E-state index contributed by atoms with van der Waals surface area (Å²) in [6, 6.07) is 7.87. The van der Waals surface area contributed by atoms with Crippen molar-refractivity contribution in [2.75, 3.05) is 5.32 Å². The van der Waals surface area contributed by atoms with Crippen LogP contribution in [0.2, 0.25) is 5.02 Å². The third kappa shape index (κ3) is 3.31. The van der Waals surface area contributed by atoms with Crippen molar-refractivity contribution < 1.29 is 9.31 Å². The normalized spacial score (nSPS) is 10.5. The van der Waals surface area contributed by atoms with Gasteiger partial charge < -0.3 is 5.32 Å².